The van der Waals surface area contributed by atoms with E-state index in [1.165, 1.54) is 0 Å². The third kappa shape index (κ3) is 4.50. The van der Waals surface area contributed by atoms with Gasteiger partial charge in [-0.15, -0.1) is 0 Å². The van der Waals surface area contributed by atoms with Crippen LogP contribution in [0, 0.1) is 9.49 Å². The molecule has 0 spiro atoms. The van der Waals surface area contributed by atoms with E-state index >= 15 is 0 Å². The number of benzene rings is 2. The highest BCUT2D eigenvalue weighted by molar-refractivity contribution is 14.1. The number of hydrogen-bond acceptors (Lipinski definition) is 3. The van der Waals surface area contributed by atoms with Gasteiger partial charge in [-0.3, -0.25) is 9.59 Å². The van der Waals surface area contributed by atoms with Crippen LogP contribution in [0.4, 0.5) is 5.69 Å². The maximum Gasteiger partial charge on any atom is 0.229 e. The average Bonchev–Trinajstić information content (AvgIpc) is 2.98. The average molecular weight is 450 g/mol. The van der Waals surface area contributed by atoms with Crippen molar-refractivity contribution in [3.05, 3.63) is 57.7 Å². The zero-order valence-corrected chi connectivity index (χ0v) is 16.0. The zero-order valence-electron chi connectivity index (χ0n) is 13.9. The van der Waals surface area contributed by atoms with Gasteiger partial charge in [0.25, 0.3) is 0 Å². The van der Waals surface area contributed by atoms with Crippen molar-refractivity contribution in [2.45, 2.75) is 13.0 Å². The van der Waals surface area contributed by atoms with Gasteiger partial charge in [0.05, 0.1) is 13.0 Å². The fourth-order valence-corrected chi connectivity index (χ4v) is 3.19. The topological polar surface area (TPSA) is 58.6 Å². The molecule has 25 heavy (non-hydrogen) atoms. The molecule has 2 aromatic rings. The molecule has 1 unspecified atom stereocenters. The Morgan fingerprint density at radius 3 is 2.52 bits per heavy atom. The number of nitrogens with zero attached hydrogens (tertiary/aromatic N) is 1. The van der Waals surface area contributed by atoms with E-state index in [-0.39, 0.29) is 24.2 Å². The molecule has 1 aliphatic heterocycles. The summed E-state index contributed by atoms with van der Waals surface area (Å²) in [5.74, 6) is 0.377. The molecule has 0 aliphatic carbocycles. The van der Waals surface area contributed by atoms with Crippen LogP contribution in [0.2, 0.25) is 0 Å². The summed E-state index contributed by atoms with van der Waals surface area (Å²) in [4.78, 5) is 26.4. The number of rotatable bonds is 5. The third-order valence-electron chi connectivity index (χ3n) is 4.23. The number of carbonyl (C=O) groups excluding carboxylic acids is 2. The summed E-state index contributed by atoms with van der Waals surface area (Å²) in [6, 6.07) is 15.2. The molecule has 1 atom stereocenters. The molecule has 0 radical (unpaired) electrons. The minimum Gasteiger partial charge on any atom is -0.497 e. The summed E-state index contributed by atoms with van der Waals surface area (Å²) in [6.07, 6.45) is 0.256. The quantitative estimate of drug-likeness (QED) is 0.712. The Morgan fingerprint density at radius 2 is 1.88 bits per heavy atom. The number of hydrogen-bond donors (Lipinski definition) is 1. The molecule has 0 saturated carbocycles. The number of carbonyl (C=O) groups is 2. The van der Waals surface area contributed by atoms with Crippen molar-refractivity contribution in [2.75, 3.05) is 19.0 Å². The van der Waals surface area contributed by atoms with Gasteiger partial charge in [0.2, 0.25) is 11.8 Å². The molecule has 1 heterocycles. The lowest BCUT2D eigenvalue weighted by molar-refractivity contribution is -0.128. The first-order valence-corrected chi connectivity index (χ1v) is 9.10. The standard InChI is InChI=1S/C19H19IN2O3/c1-25-17-8-2-13(3-9-17)11-22-12-14(10-18(22)23)19(24)21-16-6-4-15(20)5-7-16/h2-9,14H,10-12H2,1H3,(H,21,24). The minimum absolute atomic E-state index is 0.0126. The Morgan fingerprint density at radius 1 is 1.20 bits per heavy atom. The van der Waals surface area contributed by atoms with E-state index in [1.807, 2.05) is 48.5 Å². The molecule has 0 aromatic heterocycles. The predicted molar refractivity (Wildman–Crippen MR) is 104 cm³/mol. The molecule has 0 bridgehead atoms. The first-order chi connectivity index (χ1) is 12.0. The van der Waals surface area contributed by atoms with E-state index < -0.39 is 0 Å². The van der Waals surface area contributed by atoms with Crippen LogP contribution in [0.5, 0.6) is 5.75 Å². The number of nitrogens with one attached hydrogen (secondary N) is 1. The van der Waals surface area contributed by atoms with Gasteiger partial charge in [-0.25, -0.2) is 0 Å². The Balaban J connectivity index is 1.59. The third-order valence-corrected chi connectivity index (χ3v) is 4.95. The molecule has 1 N–H and O–H groups in total. The molecule has 3 rings (SSSR count). The fraction of sp³-hybridized carbons (Fsp3) is 0.263. The van der Waals surface area contributed by atoms with Gasteiger partial charge >= 0.3 is 0 Å². The van der Waals surface area contributed by atoms with Crippen LogP contribution in [0.3, 0.4) is 0 Å². The first-order valence-electron chi connectivity index (χ1n) is 8.02. The second-order valence-corrected chi connectivity index (χ2v) is 7.27. The highest BCUT2D eigenvalue weighted by Gasteiger charge is 2.34. The number of halogens is 1. The van der Waals surface area contributed by atoms with Crippen LogP contribution in [0.1, 0.15) is 12.0 Å². The molecule has 2 amide bonds. The number of methoxy groups -OCH3 is 1. The molecule has 5 nitrogen and oxygen atoms in total. The summed E-state index contributed by atoms with van der Waals surface area (Å²) >= 11 is 2.22. The minimum atomic E-state index is -0.315. The number of likely N-dealkylation sites (tertiary alicyclic amines) is 1. The molecule has 1 fully saturated rings. The normalized spacial score (nSPS) is 16.8. The largest absolute Gasteiger partial charge is 0.497 e. The molecule has 130 valence electrons. The Labute approximate surface area is 160 Å². The SMILES string of the molecule is COc1ccc(CN2CC(C(=O)Nc3ccc(I)cc3)CC2=O)cc1. The van der Waals surface area contributed by atoms with Crippen molar-refractivity contribution in [3.63, 3.8) is 0 Å². The lowest BCUT2D eigenvalue weighted by Gasteiger charge is -2.17. The zero-order chi connectivity index (χ0) is 17.8. The van der Waals surface area contributed by atoms with Crippen LogP contribution in [0.15, 0.2) is 48.5 Å². The van der Waals surface area contributed by atoms with E-state index in [0.29, 0.717) is 13.1 Å². The Kier molecular flexibility index (Phi) is 5.57. The van der Waals surface area contributed by atoms with Gasteiger partial charge in [0.15, 0.2) is 0 Å². The van der Waals surface area contributed by atoms with E-state index in [0.717, 1.165) is 20.6 Å². The van der Waals surface area contributed by atoms with Gasteiger partial charge < -0.3 is 15.0 Å². The maximum absolute atomic E-state index is 12.4. The smallest absolute Gasteiger partial charge is 0.229 e. The van der Waals surface area contributed by atoms with Crippen LogP contribution in [0.25, 0.3) is 0 Å². The Bertz CT molecular complexity index is 759. The molecular weight excluding hydrogens is 431 g/mol. The van der Waals surface area contributed by atoms with Gasteiger partial charge in [-0.2, -0.15) is 0 Å². The predicted octanol–water partition coefficient (Wildman–Crippen LogP) is 3.29. The number of amides is 2. The van der Waals surface area contributed by atoms with Crippen LogP contribution < -0.4 is 10.1 Å². The van der Waals surface area contributed by atoms with E-state index in [2.05, 4.69) is 27.9 Å². The van der Waals surface area contributed by atoms with Crippen LogP contribution in [-0.4, -0.2) is 30.4 Å². The van der Waals surface area contributed by atoms with Gasteiger partial charge in [0, 0.05) is 28.8 Å². The summed E-state index contributed by atoms with van der Waals surface area (Å²) in [5.41, 5.74) is 1.78. The molecule has 1 aliphatic rings. The maximum atomic E-state index is 12.4. The lowest BCUT2D eigenvalue weighted by atomic mass is 10.1. The number of ether oxygens (including phenoxy) is 1. The van der Waals surface area contributed by atoms with Gasteiger partial charge in [0.1, 0.15) is 5.75 Å². The van der Waals surface area contributed by atoms with E-state index in [4.69, 9.17) is 4.74 Å². The second-order valence-electron chi connectivity index (χ2n) is 6.02. The number of anilines is 1. The van der Waals surface area contributed by atoms with Crippen molar-refractivity contribution in [1.29, 1.82) is 0 Å². The Hall–Kier alpha value is -2.09. The van der Waals surface area contributed by atoms with Crippen molar-refractivity contribution < 1.29 is 14.3 Å². The summed E-state index contributed by atoms with van der Waals surface area (Å²) in [6.45, 7) is 0.956. The molecule has 2 aromatic carbocycles. The molecule has 1 saturated heterocycles. The molecule has 6 heteroatoms. The van der Waals surface area contributed by atoms with Crippen molar-refractivity contribution in [1.82, 2.24) is 4.90 Å². The molecular formula is C19H19IN2O3. The highest BCUT2D eigenvalue weighted by atomic mass is 127. The van der Waals surface area contributed by atoms with Gasteiger partial charge in [-0.1, -0.05) is 12.1 Å². The van der Waals surface area contributed by atoms with Crippen molar-refractivity contribution in [3.8, 4) is 5.75 Å². The summed E-state index contributed by atoms with van der Waals surface area (Å²) < 4.78 is 6.25. The van der Waals surface area contributed by atoms with E-state index in [9.17, 15) is 9.59 Å². The summed E-state index contributed by atoms with van der Waals surface area (Å²) in [5, 5.41) is 2.89. The van der Waals surface area contributed by atoms with Gasteiger partial charge in [-0.05, 0) is 64.6 Å². The van der Waals surface area contributed by atoms with Crippen molar-refractivity contribution >= 4 is 40.1 Å². The first kappa shape index (κ1) is 17.7. The van der Waals surface area contributed by atoms with Crippen LogP contribution >= 0.6 is 22.6 Å². The van der Waals surface area contributed by atoms with Crippen molar-refractivity contribution in [2.24, 2.45) is 5.92 Å². The van der Waals surface area contributed by atoms with Crippen LogP contribution in [-0.2, 0) is 16.1 Å². The monoisotopic (exact) mass is 450 g/mol. The van der Waals surface area contributed by atoms with E-state index in [1.54, 1.807) is 12.0 Å². The fourth-order valence-electron chi connectivity index (χ4n) is 2.83. The highest BCUT2D eigenvalue weighted by Crippen LogP contribution is 2.23. The summed E-state index contributed by atoms with van der Waals surface area (Å²) in [7, 11) is 1.62. The lowest BCUT2D eigenvalue weighted by Crippen LogP contribution is -2.28. The second kappa shape index (κ2) is 7.86.